The van der Waals surface area contributed by atoms with Gasteiger partial charge in [-0.05, 0) is 30.4 Å². The number of primary amides is 2. The summed E-state index contributed by atoms with van der Waals surface area (Å²) in [6.07, 6.45) is 0.855. The van der Waals surface area contributed by atoms with Crippen molar-refractivity contribution in [3.63, 3.8) is 0 Å². The number of nitrogens with two attached hydrogens (primary N) is 3. The monoisotopic (exact) mass is 350 g/mol. The summed E-state index contributed by atoms with van der Waals surface area (Å²) in [5, 5.41) is 13.7. The topological polar surface area (TPSA) is 144 Å². The lowest BCUT2D eigenvalue weighted by molar-refractivity contribution is -0.160. The van der Waals surface area contributed by atoms with Gasteiger partial charge in [-0.1, -0.05) is 57.5 Å². The number of hydrogen-bond acceptors (Lipinski definition) is 5. The molecule has 2 amide bonds. The van der Waals surface area contributed by atoms with Gasteiger partial charge in [0.25, 0.3) is 5.91 Å². The molecule has 7 nitrogen and oxygen atoms in total. The van der Waals surface area contributed by atoms with Crippen molar-refractivity contribution in [2.45, 2.75) is 44.9 Å². The van der Waals surface area contributed by atoms with Gasteiger partial charge in [-0.2, -0.15) is 0 Å². The van der Waals surface area contributed by atoms with Gasteiger partial charge in [0.05, 0.1) is 0 Å². The molecule has 0 saturated heterocycles. The van der Waals surface area contributed by atoms with Crippen LogP contribution in [-0.4, -0.2) is 34.7 Å². The molecule has 0 spiro atoms. The fourth-order valence-electron chi connectivity index (χ4n) is 3.13. The average Bonchev–Trinajstić information content (AvgIpc) is 2.54. The number of carbonyl (C=O) groups excluding carboxylic acids is 2. The van der Waals surface area contributed by atoms with E-state index in [1.807, 2.05) is 51.1 Å². The van der Waals surface area contributed by atoms with Crippen molar-refractivity contribution >= 4 is 11.8 Å². The van der Waals surface area contributed by atoms with Crippen molar-refractivity contribution < 1.29 is 14.7 Å². The molecule has 7 heteroatoms. The Morgan fingerprint density at radius 2 is 1.72 bits per heavy atom. The molecule has 8 N–H and O–H groups in total. The number of rotatable bonds is 10. The van der Waals surface area contributed by atoms with Crippen LogP contribution in [0.2, 0.25) is 0 Å². The molecule has 1 aromatic rings. The Labute approximate surface area is 148 Å². The largest absolute Gasteiger partial charge is 0.368 e. The second-order valence-corrected chi connectivity index (χ2v) is 6.87. The van der Waals surface area contributed by atoms with Crippen LogP contribution in [-0.2, 0) is 16.0 Å². The number of amides is 2. The summed E-state index contributed by atoms with van der Waals surface area (Å²) in [5.41, 5.74) is 13.3. The first-order valence-electron chi connectivity index (χ1n) is 8.49. The summed E-state index contributed by atoms with van der Waals surface area (Å²) in [6.45, 7) is 6.04. The van der Waals surface area contributed by atoms with Gasteiger partial charge in [0.1, 0.15) is 0 Å². The molecule has 1 rings (SSSR count). The molecule has 0 aliphatic carbocycles. The van der Waals surface area contributed by atoms with Gasteiger partial charge in [-0.3, -0.25) is 20.6 Å². The zero-order valence-electron chi connectivity index (χ0n) is 15.2. The number of hydrogen-bond donors (Lipinski definition) is 5. The van der Waals surface area contributed by atoms with Gasteiger partial charge in [-0.25, -0.2) is 0 Å². The Kier molecular flexibility index (Phi) is 7.10. The minimum absolute atomic E-state index is 0.136. The summed E-state index contributed by atoms with van der Waals surface area (Å²) in [5.74, 6) is -2.50. The van der Waals surface area contributed by atoms with Crippen LogP contribution in [0, 0.1) is 11.8 Å². The number of carbonyl (C=O) groups is 2. The highest BCUT2D eigenvalue weighted by Crippen LogP contribution is 2.32. The molecular formula is C18H30N4O3. The third-order valence-corrected chi connectivity index (χ3v) is 4.58. The second-order valence-electron chi connectivity index (χ2n) is 6.87. The van der Waals surface area contributed by atoms with E-state index in [-0.39, 0.29) is 5.92 Å². The fourth-order valence-corrected chi connectivity index (χ4v) is 3.13. The molecule has 0 bridgehead atoms. The lowest BCUT2D eigenvalue weighted by Crippen LogP contribution is -2.80. The Bertz CT molecular complexity index is 589. The van der Waals surface area contributed by atoms with E-state index in [1.54, 1.807) is 0 Å². The van der Waals surface area contributed by atoms with Crippen LogP contribution in [0.15, 0.2) is 30.3 Å². The normalized spacial score (nSPS) is 17.5. The Morgan fingerprint density at radius 1 is 1.16 bits per heavy atom. The van der Waals surface area contributed by atoms with Crippen molar-refractivity contribution in [1.82, 2.24) is 5.32 Å². The zero-order valence-corrected chi connectivity index (χ0v) is 15.2. The smallest absolute Gasteiger partial charge is 0.267 e. The van der Waals surface area contributed by atoms with E-state index in [0.29, 0.717) is 19.4 Å². The maximum Gasteiger partial charge on any atom is 0.267 e. The first kappa shape index (κ1) is 21.1. The first-order chi connectivity index (χ1) is 11.6. The first-order valence-corrected chi connectivity index (χ1v) is 8.49. The molecule has 3 atom stereocenters. The van der Waals surface area contributed by atoms with Crippen LogP contribution in [0.25, 0.3) is 0 Å². The molecule has 25 heavy (non-hydrogen) atoms. The number of nitrogens with one attached hydrogen (secondary N) is 1. The van der Waals surface area contributed by atoms with Crippen molar-refractivity contribution in [2.75, 3.05) is 6.54 Å². The predicted molar refractivity (Wildman–Crippen MR) is 97.0 cm³/mol. The quantitative estimate of drug-likeness (QED) is 0.373. The van der Waals surface area contributed by atoms with Gasteiger partial charge in [0, 0.05) is 0 Å². The molecule has 1 aromatic carbocycles. The van der Waals surface area contributed by atoms with Crippen LogP contribution >= 0.6 is 0 Å². The maximum atomic E-state index is 12.5. The lowest BCUT2D eigenvalue weighted by atomic mass is 9.70. The van der Waals surface area contributed by atoms with Crippen molar-refractivity contribution in [2.24, 2.45) is 29.0 Å². The number of benzene rings is 1. The molecule has 0 radical (unpaired) electrons. The van der Waals surface area contributed by atoms with Gasteiger partial charge in [0.15, 0.2) is 5.54 Å². The summed E-state index contributed by atoms with van der Waals surface area (Å²) < 4.78 is 0. The molecular weight excluding hydrogens is 320 g/mol. The molecule has 0 fully saturated rings. The zero-order chi connectivity index (χ0) is 19.3. The van der Waals surface area contributed by atoms with Crippen LogP contribution in [0.4, 0.5) is 0 Å². The lowest BCUT2D eigenvalue weighted by Gasteiger charge is -2.46. The molecule has 140 valence electrons. The fraction of sp³-hybridized carbons (Fsp3) is 0.556. The van der Waals surface area contributed by atoms with E-state index in [2.05, 4.69) is 5.32 Å². The van der Waals surface area contributed by atoms with Gasteiger partial charge in [0.2, 0.25) is 11.6 Å². The van der Waals surface area contributed by atoms with E-state index < -0.39 is 29.0 Å². The van der Waals surface area contributed by atoms with E-state index in [0.717, 1.165) is 5.56 Å². The molecule has 0 heterocycles. The van der Waals surface area contributed by atoms with Crippen molar-refractivity contribution in [1.29, 1.82) is 0 Å². The molecule has 3 unspecified atom stereocenters. The average molecular weight is 350 g/mol. The van der Waals surface area contributed by atoms with Crippen LogP contribution < -0.4 is 22.5 Å². The Hall–Kier alpha value is -1.96. The van der Waals surface area contributed by atoms with Crippen LogP contribution in [0.5, 0.6) is 0 Å². The second kappa shape index (κ2) is 8.42. The highest BCUT2D eigenvalue weighted by atomic mass is 16.3. The molecule has 0 saturated carbocycles. The SMILES string of the molecule is CCC(Cc1ccccc1)C(NCC(C)C)(C(N)=O)C(N)(O)C(N)=O. The maximum absolute atomic E-state index is 12.5. The highest BCUT2D eigenvalue weighted by molar-refractivity contribution is 5.96. The van der Waals surface area contributed by atoms with Gasteiger partial charge in [-0.15, -0.1) is 0 Å². The van der Waals surface area contributed by atoms with Crippen molar-refractivity contribution in [3.8, 4) is 0 Å². The summed E-state index contributed by atoms with van der Waals surface area (Å²) >= 11 is 0. The van der Waals surface area contributed by atoms with Gasteiger partial charge < -0.3 is 16.6 Å². The van der Waals surface area contributed by atoms with E-state index in [4.69, 9.17) is 17.2 Å². The molecule has 0 aromatic heterocycles. The standard InChI is InChI=1S/C18H30N4O3/c1-4-14(10-13-8-6-5-7-9-13)17(15(19)23,22-11-12(2)3)18(21,25)16(20)24/h5-9,12,14,22,25H,4,10-11,21H2,1-3H3,(H2,19,23)(H2,20,24). The summed E-state index contributed by atoms with van der Waals surface area (Å²) in [7, 11) is 0. The molecule has 0 aliphatic heterocycles. The number of aliphatic hydroxyl groups is 1. The third-order valence-electron chi connectivity index (χ3n) is 4.58. The highest BCUT2D eigenvalue weighted by Gasteiger charge is 2.60. The molecule has 0 aliphatic rings. The van der Waals surface area contributed by atoms with Crippen LogP contribution in [0.1, 0.15) is 32.8 Å². The third kappa shape index (κ3) is 4.36. The Balaban J connectivity index is 3.43. The van der Waals surface area contributed by atoms with Crippen molar-refractivity contribution in [3.05, 3.63) is 35.9 Å². The van der Waals surface area contributed by atoms with E-state index in [9.17, 15) is 14.7 Å². The minimum atomic E-state index is -2.62. The van der Waals surface area contributed by atoms with E-state index >= 15 is 0 Å². The Morgan fingerprint density at radius 3 is 2.12 bits per heavy atom. The predicted octanol–water partition coefficient (Wildman–Crippen LogP) is -0.142. The summed E-state index contributed by atoms with van der Waals surface area (Å²) in [4.78, 5) is 24.4. The van der Waals surface area contributed by atoms with Gasteiger partial charge >= 0.3 is 0 Å². The minimum Gasteiger partial charge on any atom is -0.368 e. The van der Waals surface area contributed by atoms with E-state index in [1.165, 1.54) is 0 Å². The summed E-state index contributed by atoms with van der Waals surface area (Å²) in [6, 6.07) is 9.43. The van der Waals surface area contributed by atoms with Crippen LogP contribution in [0.3, 0.4) is 0 Å².